The molecule has 0 bridgehead atoms. The minimum Gasteiger partial charge on any atom is -0.478 e. The van der Waals surface area contributed by atoms with Gasteiger partial charge in [-0.25, -0.2) is 0 Å². The summed E-state index contributed by atoms with van der Waals surface area (Å²) >= 11 is 6.26. The molecule has 1 amide bonds. The van der Waals surface area contributed by atoms with Crippen molar-refractivity contribution in [2.24, 2.45) is 16.8 Å². The number of allylic oxidation sites excluding steroid dienone is 6. The minimum atomic E-state index is 0.157. The van der Waals surface area contributed by atoms with Crippen LogP contribution in [0, 0.1) is 11.8 Å². The van der Waals surface area contributed by atoms with Gasteiger partial charge in [-0.05, 0) is 82.4 Å². The number of carbonyl (C=O) groups excluding carboxylic acids is 1. The van der Waals surface area contributed by atoms with Gasteiger partial charge in [0, 0.05) is 47.7 Å². The fourth-order valence-electron chi connectivity index (χ4n) is 7.15. The molecule has 0 aromatic rings. The van der Waals surface area contributed by atoms with Crippen molar-refractivity contribution in [1.29, 1.82) is 0 Å². The maximum Gasteiger partial charge on any atom is 0.223 e. The highest BCUT2D eigenvalue weighted by molar-refractivity contribution is 6.29. The van der Waals surface area contributed by atoms with Crippen LogP contribution < -0.4 is 0 Å². The molecule has 5 nitrogen and oxygen atoms in total. The number of amides is 1. The lowest BCUT2D eigenvalue weighted by atomic mass is 9.76. The molecule has 0 aromatic carbocycles. The van der Waals surface area contributed by atoms with Crippen LogP contribution in [0.15, 0.2) is 63.8 Å². The number of likely N-dealkylation sites (tertiary alicyclic amines) is 1. The Labute approximate surface area is 221 Å². The van der Waals surface area contributed by atoms with Gasteiger partial charge >= 0.3 is 0 Å². The number of nitrogens with zero attached hydrogens (tertiary/aromatic N) is 3. The monoisotopic (exact) mass is 509 g/mol. The Hall–Kier alpha value is -2.11. The lowest BCUT2D eigenvalue weighted by Crippen LogP contribution is -2.62. The Morgan fingerprint density at radius 2 is 2.11 bits per heavy atom. The van der Waals surface area contributed by atoms with Gasteiger partial charge in [-0.2, -0.15) is 0 Å². The third-order valence-electron chi connectivity index (χ3n) is 8.90. The molecule has 36 heavy (non-hydrogen) atoms. The van der Waals surface area contributed by atoms with Crippen LogP contribution in [0.3, 0.4) is 0 Å². The van der Waals surface area contributed by atoms with E-state index < -0.39 is 0 Å². The molecule has 1 saturated heterocycles. The Kier molecular flexibility index (Phi) is 7.87. The van der Waals surface area contributed by atoms with Crippen molar-refractivity contribution in [2.45, 2.75) is 96.0 Å². The Bertz CT molecular complexity index is 1020. The lowest BCUT2D eigenvalue weighted by molar-refractivity contribution is -0.133. The highest BCUT2D eigenvalue weighted by atomic mass is 35.5. The van der Waals surface area contributed by atoms with E-state index in [0.29, 0.717) is 30.0 Å². The number of piperidine rings is 1. The Morgan fingerprint density at radius 3 is 2.78 bits per heavy atom. The standard InChI is InChI=1S/C30H40ClN3O2/c1-20-17-29(34(22(3)35)26-15-13-25(31)14-16-26)27-7-5-4-6-8-28(27)33(20)21(2)23-9-11-24(12-10-23)30-18-32-19-36-30/h4,6,9-11,13,15,19-21,24,27-30H,5,7-8,12,14,16-18H2,1-3H3/t20-,21?,24?,27?,28?,29-,30?/m1/s1. The summed E-state index contributed by atoms with van der Waals surface area (Å²) < 4.78 is 5.68. The van der Waals surface area contributed by atoms with Crippen molar-refractivity contribution in [1.82, 2.24) is 9.80 Å². The van der Waals surface area contributed by atoms with Crippen molar-refractivity contribution in [3.8, 4) is 0 Å². The number of halogens is 1. The van der Waals surface area contributed by atoms with Gasteiger partial charge in [0.2, 0.25) is 5.91 Å². The van der Waals surface area contributed by atoms with E-state index in [9.17, 15) is 4.79 Å². The zero-order chi connectivity index (χ0) is 25.2. The van der Waals surface area contributed by atoms with Gasteiger partial charge in [0.05, 0.1) is 6.54 Å². The molecule has 2 aliphatic heterocycles. The van der Waals surface area contributed by atoms with Crippen LogP contribution in [0.2, 0.25) is 0 Å². The molecule has 2 heterocycles. The molecule has 0 spiro atoms. The largest absolute Gasteiger partial charge is 0.478 e. The van der Waals surface area contributed by atoms with Crippen molar-refractivity contribution >= 4 is 23.9 Å². The molecule has 0 radical (unpaired) electrons. The van der Waals surface area contributed by atoms with Gasteiger partial charge in [-0.1, -0.05) is 42.0 Å². The number of hydrogen-bond acceptors (Lipinski definition) is 4. The SMILES string of the molecule is CC(=O)N(C1=CC=C(Cl)CC1)[C@@H]1C[C@@H](C)N(C(C)C2=CCC(C3CN=CO3)C=C2)C2CC=CCCC21. The molecule has 194 valence electrons. The molecular formula is C30H40ClN3O2. The molecule has 0 N–H and O–H groups in total. The van der Waals surface area contributed by atoms with Gasteiger partial charge in [-0.15, -0.1) is 0 Å². The summed E-state index contributed by atoms with van der Waals surface area (Å²) in [5, 5.41) is 0.874. The van der Waals surface area contributed by atoms with Crippen LogP contribution in [0.25, 0.3) is 0 Å². The first-order chi connectivity index (χ1) is 17.4. The van der Waals surface area contributed by atoms with E-state index >= 15 is 0 Å². The maximum absolute atomic E-state index is 13.1. The summed E-state index contributed by atoms with van der Waals surface area (Å²) in [5.74, 6) is 0.995. The quantitative estimate of drug-likeness (QED) is 0.418. The first kappa shape index (κ1) is 25.5. The van der Waals surface area contributed by atoms with Crippen molar-refractivity contribution < 1.29 is 9.53 Å². The first-order valence-corrected chi connectivity index (χ1v) is 14.1. The number of aliphatic imine (C=N–C) groups is 1. The summed E-state index contributed by atoms with van der Waals surface area (Å²) in [4.78, 5) is 22.2. The fraction of sp³-hybridized carbons (Fsp3) is 0.600. The van der Waals surface area contributed by atoms with Crippen molar-refractivity contribution in [3.05, 3.63) is 58.8 Å². The first-order valence-electron chi connectivity index (χ1n) is 13.7. The number of fused-ring (bicyclic) bond motifs is 1. The lowest BCUT2D eigenvalue weighted by Gasteiger charge is -2.54. The van der Waals surface area contributed by atoms with Crippen LogP contribution in [0.1, 0.15) is 65.7 Å². The van der Waals surface area contributed by atoms with E-state index in [2.05, 4.69) is 65.1 Å². The smallest absolute Gasteiger partial charge is 0.223 e. The van der Waals surface area contributed by atoms with E-state index in [1.54, 1.807) is 13.3 Å². The molecule has 5 unspecified atom stereocenters. The molecule has 0 aromatic heterocycles. The second-order valence-corrected chi connectivity index (χ2v) is 11.5. The van der Waals surface area contributed by atoms with Gasteiger partial charge in [0.25, 0.3) is 0 Å². The molecule has 5 aliphatic rings. The van der Waals surface area contributed by atoms with Gasteiger partial charge < -0.3 is 9.64 Å². The van der Waals surface area contributed by atoms with E-state index in [-0.39, 0.29) is 18.1 Å². The molecule has 5 rings (SSSR count). The van der Waals surface area contributed by atoms with E-state index in [1.807, 2.05) is 6.08 Å². The minimum absolute atomic E-state index is 0.157. The van der Waals surface area contributed by atoms with Crippen LogP contribution in [0.4, 0.5) is 0 Å². The zero-order valence-corrected chi connectivity index (χ0v) is 22.6. The molecule has 6 heteroatoms. The fourth-order valence-corrected chi connectivity index (χ4v) is 7.31. The summed E-state index contributed by atoms with van der Waals surface area (Å²) in [6.45, 7) is 7.22. The Balaban J connectivity index is 1.38. The van der Waals surface area contributed by atoms with Crippen LogP contribution in [-0.2, 0) is 9.53 Å². The van der Waals surface area contributed by atoms with Crippen LogP contribution in [-0.4, -0.2) is 58.9 Å². The summed E-state index contributed by atoms with van der Waals surface area (Å²) in [5.41, 5.74) is 2.53. The predicted octanol–water partition coefficient (Wildman–Crippen LogP) is 6.14. The number of hydrogen-bond donors (Lipinski definition) is 0. The van der Waals surface area contributed by atoms with Gasteiger partial charge in [0.1, 0.15) is 6.10 Å². The average Bonchev–Trinajstić information content (AvgIpc) is 3.30. The summed E-state index contributed by atoms with van der Waals surface area (Å²) in [6.07, 6.45) is 24.5. The van der Waals surface area contributed by atoms with E-state index in [0.717, 1.165) is 62.2 Å². The normalized spacial score (nSPS) is 35.2. The topological polar surface area (TPSA) is 45.1 Å². The van der Waals surface area contributed by atoms with Crippen molar-refractivity contribution in [2.75, 3.05) is 6.54 Å². The molecule has 3 aliphatic carbocycles. The van der Waals surface area contributed by atoms with Crippen LogP contribution in [0.5, 0.6) is 0 Å². The number of carbonyl (C=O) groups is 1. The van der Waals surface area contributed by atoms with Gasteiger partial charge in [0.15, 0.2) is 6.40 Å². The second-order valence-electron chi connectivity index (χ2n) is 11.1. The molecule has 1 fully saturated rings. The van der Waals surface area contributed by atoms with E-state index in [1.165, 1.54) is 5.57 Å². The second kappa shape index (κ2) is 11.1. The average molecular weight is 510 g/mol. The van der Waals surface area contributed by atoms with Crippen molar-refractivity contribution in [3.63, 3.8) is 0 Å². The Morgan fingerprint density at radius 1 is 1.25 bits per heavy atom. The van der Waals surface area contributed by atoms with E-state index in [4.69, 9.17) is 16.3 Å². The number of ether oxygens (including phenoxy) is 1. The summed E-state index contributed by atoms with van der Waals surface area (Å²) in [7, 11) is 0. The zero-order valence-electron chi connectivity index (χ0n) is 21.9. The maximum atomic E-state index is 13.1. The molecular weight excluding hydrogens is 470 g/mol. The van der Waals surface area contributed by atoms with Gasteiger partial charge in [-0.3, -0.25) is 14.7 Å². The number of rotatable bonds is 5. The molecule has 7 atom stereocenters. The highest BCUT2D eigenvalue weighted by Crippen LogP contribution is 2.42. The van der Waals surface area contributed by atoms with Crippen LogP contribution >= 0.6 is 11.6 Å². The highest BCUT2D eigenvalue weighted by Gasteiger charge is 2.46. The summed E-state index contributed by atoms with van der Waals surface area (Å²) in [6, 6.07) is 1.35. The third-order valence-corrected chi connectivity index (χ3v) is 9.21. The predicted molar refractivity (Wildman–Crippen MR) is 147 cm³/mol. The third kappa shape index (κ3) is 5.15. The molecule has 0 saturated carbocycles.